The van der Waals surface area contributed by atoms with Crippen molar-refractivity contribution >= 4 is 33.2 Å². The highest BCUT2D eigenvalue weighted by Gasteiger charge is 2.27. The van der Waals surface area contributed by atoms with Crippen molar-refractivity contribution in [1.82, 2.24) is 15.1 Å². The standard InChI is InChI=1S/C18H16BrN3O2S/c19-17-7-6-16(25-17)13-10-14(21-20-13)18(23)22-8-9-24-15(11-22)12-4-2-1-3-5-12/h1-7,10,15H,8-9,11H2,(H,20,21). The maximum atomic E-state index is 12.8. The van der Waals surface area contributed by atoms with Crippen molar-refractivity contribution in [2.45, 2.75) is 6.10 Å². The van der Waals surface area contributed by atoms with Gasteiger partial charge in [-0.05, 0) is 39.7 Å². The number of carbonyl (C=O) groups is 1. The minimum Gasteiger partial charge on any atom is -0.370 e. The van der Waals surface area contributed by atoms with E-state index in [1.807, 2.05) is 53.4 Å². The number of H-pyrrole nitrogens is 1. The van der Waals surface area contributed by atoms with Gasteiger partial charge in [-0.3, -0.25) is 9.89 Å². The summed E-state index contributed by atoms with van der Waals surface area (Å²) in [5.41, 5.74) is 2.38. The van der Waals surface area contributed by atoms with Gasteiger partial charge < -0.3 is 9.64 Å². The molecule has 128 valence electrons. The molecule has 3 aromatic rings. The van der Waals surface area contributed by atoms with Crippen molar-refractivity contribution in [3.8, 4) is 10.6 Å². The molecule has 1 fully saturated rings. The molecule has 1 aliphatic rings. The fourth-order valence-electron chi connectivity index (χ4n) is 2.88. The van der Waals surface area contributed by atoms with E-state index in [-0.39, 0.29) is 12.0 Å². The molecule has 0 radical (unpaired) electrons. The van der Waals surface area contributed by atoms with E-state index < -0.39 is 0 Å². The van der Waals surface area contributed by atoms with Gasteiger partial charge in [0.05, 0.1) is 27.5 Å². The molecule has 1 aliphatic heterocycles. The lowest BCUT2D eigenvalue weighted by Gasteiger charge is -2.32. The zero-order valence-electron chi connectivity index (χ0n) is 13.3. The summed E-state index contributed by atoms with van der Waals surface area (Å²) in [4.78, 5) is 15.7. The van der Waals surface area contributed by atoms with E-state index >= 15 is 0 Å². The minimum atomic E-state index is -0.0921. The molecule has 1 saturated heterocycles. The summed E-state index contributed by atoms with van der Waals surface area (Å²) in [5.74, 6) is -0.0673. The Balaban J connectivity index is 1.50. The lowest BCUT2D eigenvalue weighted by atomic mass is 10.1. The van der Waals surface area contributed by atoms with Crippen LogP contribution in [0.5, 0.6) is 0 Å². The fraction of sp³-hybridized carbons (Fsp3) is 0.222. The number of rotatable bonds is 3. The smallest absolute Gasteiger partial charge is 0.274 e. The maximum Gasteiger partial charge on any atom is 0.274 e. The third kappa shape index (κ3) is 3.53. The van der Waals surface area contributed by atoms with Crippen LogP contribution in [0.1, 0.15) is 22.2 Å². The second kappa shape index (κ2) is 7.11. The number of hydrogen-bond acceptors (Lipinski definition) is 4. The number of nitrogens with zero attached hydrogens (tertiary/aromatic N) is 2. The third-order valence-corrected chi connectivity index (χ3v) is 5.82. The van der Waals surface area contributed by atoms with Crippen LogP contribution < -0.4 is 0 Å². The van der Waals surface area contributed by atoms with Crippen LogP contribution in [0.2, 0.25) is 0 Å². The monoisotopic (exact) mass is 417 g/mol. The molecule has 5 nitrogen and oxygen atoms in total. The van der Waals surface area contributed by atoms with Crippen LogP contribution in [0.3, 0.4) is 0 Å². The van der Waals surface area contributed by atoms with Crippen LogP contribution in [-0.2, 0) is 4.74 Å². The van der Waals surface area contributed by atoms with E-state index in [2.05, 4.69) is 26.1 Å². The first-order valence-electron chi connectivity index (χ1n) is 7.97. The fourth-order valence-corrected chi connectivity index (χ4v) is 4.23. The molecule has 1 aromatic carbocycles. The van der Waals surface area contributed by atoms with E-state index in [0.29, 0.717) is 25.4 Å². The number of hydrogen-bond donors (Lipinski definition) is 1. The SMILES string of the molecule is O=C(c1cc(-c2ccc(Br)s2)[nH]n1)N1CCOC(c2ccccc2)C1. The Hall–Kier alpha value is -1.96. The van der Waals surface area contributed by atoms with Crippen molar-refractivity contribution in [2.75, 3.05) is 19.7 Å². The molecular weight excluding hydrogens is 402 g/mol. The van der Waals surface area contributed by atoms with Gasteiger partial charge in [0, 0.05) is 6.54 Å². The van der Waals surface area contributed by atoms with Crippen LogP contribution in [0.25, 0.3) is 10.6 Å². The molecule has 3 heterocycles. The Labute approximate surface area is 157 Å². The zero-order chi connectivity index (χ0) is 17.2. The molecule has 0 spiro atoms. The number of halogens is 1. The van der Waals surface area contributed by atoms with Gasteiger partial charge in [0.1, 0.15) is 6.10 Å². The zero-order valence-corrected chi connectivity index (χ0v) is 15.7. The number of nitrogens with one attached hydrogen (secondary N) is 1. The molecule has 0 bridgehead atoms. The number of aromatic nitrogens is 2. The molecular formula is C18H16BrN3O2S. The highest BCUT2D eigenvalue weighted by Crippen LogP contribution is 2.30. The van der Waals surface area contributed by atoms with Crippen LogP contribution >= 0.6 is 27.3 Å². The Bertz CT molecular complexity index is 877. The van der Waals surface area contributed by atoms with E-state index in [1.165, 1.54) is 0 Å². The lowest BCUT2D eigenvalue weighted by Crippen LogP contribution is -2.42. The van der Waals surface area contributed by atoms with Gasteiger partial charge in [-0.1, -0.05) is 30.3 Å². The Morgan fingerprint density at radius 1 is 1.28 bits per heavy atom. The van der Waals surface area contributed by atoms with Crippen LogP contribution in [0.15, 0.2) is 52.3 Å². The summed E-state index contributed by atoms with van der Waals surface area (Å²) < 4.78 is 6.88. The topological polar surface area (TPSA) is 58.2 Å². The van der Waals surface area contributed by atoms with Gasteiger partial charge in [0.15, 0.2) is 5.69 Å². The second-order valence-corrected chi connectivity index (χ2v) is 8.25. The molecule has 1 N–H and O–H groups in total. The molecule has 0 saturated carbocycles. The predicted molar refractivity (Wildman–Crippen MR) is 101 cm³/mol. The molecule has 1 amide bonds. The maximum absolute atomic E-state index is 12.8. The normalized spacial score (nSPS) is 17.6. The van der Waals surface area contributed by atoms with Crippen molar-refractivity contribution in [3.05, 3.63) is 63.6 Å². The highest BCUT2D eigenvalue weighted by molar-refractivity contribution is 9.11. The summed E-state index contributed by atoms with van der Waals surface area (Å²) in [6.07, 6.45) is -0.0921. The van der Waals surface area contributed by atoms with Crippen LogP contribution in [0, 0.1) is 0 Å². The number of benzene rings is 1. The van der Waals surface area contributed by atoms with Crippen molar-refractivity contribution in [1.29, 1.82) is 0 Å². The first-order chi connectivity index (χ1) is 12.2. The van der Waals surface area contributed by atoms with Gasteiger partial charge in [-0.25, -0.2) is 0 Å². The van der Waals surface area contributed by atoms with E-state index in [0.717, 1.165) is 19.9 Å². The number of amides is 1. The summed E-state index contributed by atoms with van der Waals surface area (Å²) in [6, 6.07) is 15.8. The average Bonchev–Trinajstić information content (AvgIpc) is 3.31. The Morgan fingerprint density at radius 2 is 2.12 bits per heavy atom. The Kier molecular flexibility index (Phi) is 4.70. The summed E-state index contributed by atoms with van der Waals surface area (Å²) in [6.45, 7) is 1.64. The van der Waals surface area contributed by atoms with E-state index in [4.69, 9.17) is 4.74 Å². The number of carbonyl (C=O) groups excluding carboxylic acids is 1. The number of morpholine rings is 1. The number of ether oxygens (including phenoxy) is 1. The largest absolute Gasteiger partial charge is 0.370 e. The number of aromatic amines is 1. The van der Waals surface area contributed by atoms with Gasteiger partial charge in [0.2, 0.25) is 0 Å². The molecule has 1 atom stereocenters. The van der Waals surface area contributed by atoms with Gasteiger partial charge in [0.25, 0.3) is 5.91 Å². The van der Waals surface area contributed by atoms with E-state index in [9.17, 15) is 4.79 Å². The molecule has 0 aliphatic carbocycles. The summed E-state index contributed by atoms with van der Waals surface area (Å²) >= 11 is 5.05. The van der Waals surface area contributed by atoms with Crippen molar-refractivity contribution < 1.29 is 9.53 Å². The first kappa shape index (κ1) is 16.5. The van der Waals surface area contributed by atoms with Gasteiger partial charge >= 0.3 is 0 Å². The predicted octanol–water partition coefficient (Wildman–Crippen LogP) is 4.11. The minimum absolute atomic E-state index is 0.0673. The van der Waals surface area contributed by atoms with Gasteiger partial charge in [-0.2, -0.15) is 5.10 Å². The Morgan fingerprint density at radius 3 is 2.88 bits per heavy atom. The van der Waals surface area contributed by atoms with Crippen LogP contribution in [0.4, 0.5) is 0 Å². The van der Waals surface area contributed by atoms with Gasteiger partial charge in [-0.15, -0.1) is 11.3 Å². The number of thiophene rings is 1. The average molecular weight is 418 g/mol. The molecule has 7 heteroatoms. The summed E-state index contributed by atoms with van der Waals surface area (Å²) in [7, 11) is 0. The molecule has 4 rings (SSSR count). The lowest BCUT2D eigenvalue weighted by molar-refractivity contribution is -0.0230. The second-order valence-electron chi connectivity index (χ2n) is 5.79. The molecule has 2 aromatic heterocycles. The van der Waals surface area contributed by atoms with Crippen molar-refractivity contribution in [2.24, 2.45) is 0 Å². The molecule has 25 heavy (non-hydrogen) atoms. The van der Waals surface area contributed by atoms with E-state index in [1.54, 1.807) is 11.3 Å². The first-order valence-corrected chi connectivity index (χ1v) is 9.58. The summed E-state index contributed by atoms with van der Waals surface area (Å²) in [5, 5.41) is 7.17. The molecule has 1 unspecified atom stereocenters. The van der Waals surface area contributed by atoms with Crippen molar-refractivity contribution in [3.63, 3.8) is 0 Å². The third-order valence-electron chi connectivity index (χ3n) is 4.16. The highest BCUT2D eigenvalue weighted by atomic mass is 79.9. The van der Waals surface area contributed by atoms with Crippen LogP contribution in [-0.4, -0.2) is 40.7 Å². The quantitative estimate of drug-likeness (QED) is 0.697.